The Morgan fingerprint density at radius 2 is 1.96 bits per heavy atom. The van der Waals surface area contributed by atoms with Crippen molar-refractivity contribution in [2.45, 2.75) is 65.5 Å². The fourth-order valence-electron chi connectivity index (χ4n) is 2.87. The molecule has 6 heteroatoms. The van der Waals surface area contributed by atoms with E-state index >= 15 is 0 Å². The third-order valence-corrected chi connectivity index (χ3v) is 3.90. The summed E-state index contributed by atoms with van der Waals surface area (Å²) in [5, 5.41) is 9.53. The Morgan fingerprint density at radius 1 is 1.22 bits per heavy atom. The summed E-state index contributed by atoms with van der Waals surface area (Å²) in [4.78, 5) is 18.8. The smallest absolute Gasteiger partial charge is 0.242 e. The number of likely N-dealkylation sites (tertiary alicyclic amines) is 1. The molecule has 1 fully saturated rings. The van der Waals surface area contributed by atoms with E-state index in [9.17, 15) is 4.79 Å². The highest BCUT2D eigenvalue weighted by atomic mass is 16.2. The van der Waals surface area contributed by atoms with Gasteiger partial charge in [0.1, 0.15) is 6.54 Å². The summed E-state index contributed by atoms with van der Waals surface area (Å²) in [6, 6.07) is 0.556. The monoisotopic (exact) mass is 325 g/mol. The van der Waals surface area contributed by atoms with E-state index in [1.807, 2.05) is 27.7 Å². The summed E-state index contributed by atoms with van der Waals surface area (Å²) in [6.45, 7) is 14.3. The molecule has 134 valence electrons. The number of nitrogens with zero attached hydrogens (tertiary/aromatic N) is 2. The molecule has 0 aromatic heterocycles. The number of nitrogens with one attached hydrogen (secondary N) is 3. The Morgan fingerprint density at radius 3 is 2.57 bits per heavy atom. The van der Waals surface area contributed by atoms with Crippen LogP contribution in [0, 0.1) is 0 Å². The molecule has 1 saturated heterocycles. The van der Waals surface area contributed by atoms with Gasteiger partial charge in [0.15, 0.2) is 5.96 Å². The average molecular weight is 326 g/mol. The molecule has 0 saturated carbocycles. The van der Waals surface area contributed by atoms with Gasteiger partial charge in [-0.25, -0.2) is 4.99 Å². The third-order valence-electron chi connectivity index (χ3n) is 3.90. The van der Waals surface area contributed by atoms with Crippen LogP contribution in [0.4, 0.5) is 0 Å². The highest BCUT2D eigenvalue weighted by Gasteiger charge is 2.21. The lowest BCUT2D eigenvalue weighted by Crippen LogP contribution is -2.49. The lowest BCUT2D eigenvalue weighted by atomic mass is 10.0. The molecular weight excluding hydrogens is 290 g/mol. The maximum absolute atomic E-state index is 11.9. The minimum Gasteiger partial charge on any atom is -0.357 e. The molecule has 0 aromatic carbocycles. The van der Waals surface area contributed by atoms with Crippen LogP contribution in [0.15, 0.2) is 4.99 Å². The van der Waals surface area contributed by atoms with Crippen LogP contribution in [0.5, 0.6) is 0 Å². The molecule has 0 aliphatic carbocycles. The average Bonchev–Trinajstić information content (AvgIpc) is 2.48. The quantitative estimate of drug-likeness (QED) is 0.509. The van der Waals surface area contributed by atoms with E-state index in [0.29, 0.717) is 6.04 Å². The summed E-state index contributed by atoms with van der Waals surface area (Å²) in [7, 11) is 0. The second kappa shape index (κ2) is 9.75. The summed E-state index contributed by atoms with van der Waals surface area (Å²) in [6.07, 6.45) is 3.82. The van der Waals surface area contributed by atoms with Gasteiger partial charge in [0, 0.05) is 24.7 Å². The normalized spacial score (nSPS) is 20.2. The van der Waals surface area contributed by atoms with Gasteiger partial charge in [0.25, 0.3) is 0 Å². The Balaban J connectivity index is 2.50. The van der Waals surface area contributed by atoms with E-state index in [1.165, 1.54) is 25.8 Å². The number of amides is 1. The van der Waals surface area contributed by atoms with E-state index in [4.69, 9.17) is 0 Å². The van der Waals surface area contributed by atoms with E-state index < -0.39 is 0 Å². The number of aliphatic imine (C=N–C) groups is 1. The molecule has 1 aliphatic rings. The molecule has 1 aliphatic heterocycles. The predicted octanol–water partition coefficient (Wildman–Crippen LogP) is 1.33. The van der Waals surface area contributed by atoms with E-state index in [2.05, 4.69) is 32.8 Å². The minimum absolute atomic E-state index is 0.0532. The molecule has 6 nitrogen and oxygen atoms in total. The first-order chi connectivity index (χ1) is 10.9. The van der Waals surface area contributed by atoms with Crippen molar-refractivity contribution in [1.29, 1.82) is 0 Å². The summed E-state index contributed by atoms with van der Waals surface area (Å²) in [5.74, 6) is 0.667. The van der Waals surface area contributed by atoms with Crippen LogP contribution >= 0.6 is 0 Å². The minimum atomic E-state index is -0.220. The van der Waals surface area contributed by atoms with Crippen molar-refractivity contribution in [3.8, 4) is 0 Å². The van der Waals surface area contributed by atoms with Crippen molar-refractivity contribution < 1.29 is 4.79 Å². The van der Waals surface area contributed by atoms with Gasteiger partial charge in [-0.3, -0.25) is 9.69 Å². The zero-order valence-electron chi connectivity index (χ0n) is 15.5. The number of carbonyl (C=O) groups is 1. The van der Waals surface area contributed by atoms with Crippen molar-refractivity contribution in [2.24, 2.45) is 4.99 Å². The molecule has 3 N–H and O–H groups in total. The number of piperidine rings is 1. The lowest BCUT2D eigenvalue weighted by molar-refractivity contribution is -0.121. The van der Waals surface area contributed by atoms with Crippen LogP contribution < -0.4 is 16.0 Å². The van der Waals surface area contributed by atoms with Crippen LogP contribution in [-0.4, -0.2) is 61.1 Å². The van der Waals surface area contributed by atoms with Crippen molar-refractivity contribution in [1.82, 2.24) is 20.9 Å². The highest BCUT2D eigenvalue weighted by Crippen LogP contribution is 2.15. The van der Waals surface area contributed by atoms with Crippen LogP contribution in [0.25, 0.3) is 0 Å². The predicted molar refractivity (Wildman–Crippen MR) is 96.8 cm³/mol. The molecular formula is C17H35N5O. The van der Waals surface area contributed by atoms with Gasteiger partial charge in [-0.1, -0.05) is 13.3 Å². The zero-order valence-corrected chi connectivity index (χ0v) is 15.5. The van der Waals surface area contributed by atoms with Gasteiger partial charge in [0.05, 0.1) is 0 Å². The molecule has 0 spiro atoms. The van der Waals surface area contributed by atoms with Gasteiger partial charge in [-0.05, 0) is 53.6 Å². The zero-order chi connectivity index (χ0) is 17.3. The highest BCUT2D eigenvalue weighted by molar-refractivity contribution is 5.85. The van der Waals surface area contributed by atoms with Gasteiger partial charge in [-0.2, -0.15) is 0 Å². The Kier molecular flexibility index (Phi) is 8.37. The molecule has 1 unspecified atom stereocenters. The Bertz CT molecular complexity index is 389. The molecule has 1 heterocycles. The van der Waals surface area contributed by atoms with Crippen LogP contribution in [-0.2, 0) is 4.79 Å². The standard InChI is InChI=1S/C17H35N5O/c1-6-18-16(20-13-15(23)21-17(3,4)5)19-12-14-10-8-9-11-22(14)7-2/h14H,6-13H2,1-5H3,(H,21,23)(H2,18,19,20). The van der Waals surface area contributed by atoms with Gasteiger partial charge in [-0.15, -0.1) is 0 Å². The maximum Gasteiger partial charge on any atom is 0.242 e. The first-order valence-electron chi connectivity index (χ1n) is 8.93. The molecule has 0 radical (unpaired) electrons. The van der Waals surface area contributed by atoms with E-state index in [-0.39, 0.29) is 18.0 Å². The van der Waals surface area contributed by atoms with Crippen molar-refractivity contribution in [3.05, 3.63) is 0 Å². The molecule has 1 amide bonds. The Labute approximate surface area is 141 Å². The largest absolute Gasteiger partial charge is 0.357 e. The summed E-state index contributed by atoms with van der Waals surface area (Å²) >= 11 is 0. The fourth-order valence-corrected chi connectivity index (χ4v) is 2.87. The number of likely N-dealkylation sites (N-methyl/N-ethyl adjacent to an activating group) is 1. The first-order valence-corrected chi connectivity index (χ1v) is 8.93. The molecule has 23 heavy (non-hydrogen) atoms. The van der Waals surface area contributed by atoms with Crippen LogP contribution in [0.1, 0.15) is 53.9 Å². The SMILES string of the molecule is CCNC(=NCC(=O)NC(C)(C)C)NCC1CCCCN1CC. The van der Waals surface area contributed by atoms with E-state index in [1.54, 1.807) is 0 Å². The van der Waals surface area contributed by atoms with Crippen molar-refractivity contribution in [2.75, 3.05) is 32.7 Å². The summed E-state index contributed by atoms with van der Waals surface area (Å²) < 4.78 is 0. The second-order valence-electron chi connectivity index (χ2n) is 7.15. The fraction of sp³-hybridized carbons (Fsp3) is 0.882. The van der Waals surface area contributed by atoms with Gasteiger partial charge >= 0.3 is 0 Å². The third kappa shape index (κ3) is 8.21. The first kappa shape index (κ1) is 19.7. The molecule has 0 bridgehead atoms. The van der Waals surface area contributed by atoms with Crippen molar-refractivity contribution >= 4 is 11.9 Å². The topological polar surface area (TPSA) is 68.8 Å². The van der Waals surface area contributed by atoms with Gasteiger partial charge in [0.2, 0.25) is 5.91 Å². The van der Waals surface area contributed by atoms with Crippen molar-refractivity contribution in [3.63, 3.8) is 0 Å². The number of hydrogen-bond donors (Lipinski definition) is 3. The van der Waals surface area contributed by atoms with E-state index in [0.717, 1.165) is 25.6 Å². The number of hydrogen-bond acceptors (Lipinski definition) is 3. The van der Waals surface area contributed by atoms with Gasteiger partial charge < -0.3 is 16.0 Å². The Hall–Kier alpha value is -1.30. The maximum atomic E-state index is 11.9. The molecule has 1 rings (SSSR count). The summed E-state index contributed by atoms with van der Waals surface area (Å²) in [5.41, 5.74) is -0.220. The van der Waals surface area contributed by atoms with Crippen LogP contribution in [0.2, 0.25) is 0 Å². The number of guanidine groups is 1. The number of rotatable bonds is 6. The molecule has 0 aromatic rings. The van der Waals surface area contributed by atoms with Crippen LogP contribution in [0.3, 0.4) is 0 Å². The molecule has 1 atom stereocenters. The lowest BCUT2D eigenvalue weighted by Gasteiger charge is -2.35. The number of carbonyl (C=O) groups excluding carboxylic acids is 1. The second-order valence-corrected chi connectivity index (χ2v) is 7.15.